The van der Waals surface area contributed by atoms with Crippen LogP contribution in [0.15, 0.2) is 42.7 Å². The molecular formula is C11H9BN2. The van der Waals surface area contributed by atoms with Crippen molar-refractivity contribution in [1.82, 2.24) is 4.98 Å². The van der Waals surface area contributed by atoms with E-state index in [-0.39, 0.29) is 0 Å². The Morgan fingerprint density at radius 2 is 1.79 bits per heavy atom. The number of hydrogen-bond acceptors (Lipinski definition) is 2. The lowest BCUT2D eigenvalue weighted by Gasteiger charge is -2.07. The van der Waals surface area contributed by atoms with Crippen LogP contribution in [0.5, 0.6) is 0 Å². The molecule has 2 rings (SSSR count). The summed E-state index contributed by atoms with van der Waals surface area (Å²) in [5, 5.41) is 0. The molecule has 0 atom stereocenters. The molecule has 0 unspecified atom stereocenters. The fraction of sp³-hybridized carbons (Fsp3) is 0. The van der Waals surface area contributed by atoms with Gasteiger partial charge in [0, 0.05) is 23.6 Å². The first-order valence-electron chi connectivity index (χ1n) is 4.33. The van der Waals surface area contributed by atoms with E-state index in [2.05, 4.69) is 4.98 Å². The van der Waals surface area contributed by atoms with Gasteiger partial charge in [-0.3, -0.25) is 4.98 Å². The summed E-state index contributed by atoms with van der Waals surface area (Å²) < 4.78 is 0. The molecule has 0 fully saturated rings. The van der Waals surface area contributed by atoms with Crippen molar-refractivity contribution in [2.75, 3.05) is 5.73 Å². The van der Waals surface area contributed by atoms with Crippen LogP contribution in [0.1, 0.15) is 0 Å². The number of rotatable bonds is 1. The minimum Gasteiger partial charge on any atom is -0.399 e. The highest BCUT2D eigenvalue weighted by Crippen LogP contribution is 2.22. The summed E-state index contributed by atoms with van der Waals surface area (Å²) in [5.41, 5.74) is 8.87. The quantitative estimate of drug-likeness (QED) is 0.668. The van der Waals surface area contributed by atoms with Crippen LogP contribution >= 0.6 is 0 Å². The van der Waals surface area contributed by atoms with Gasteiger partial charge in [-0.1, -0.05) is 35.8 Å². The molecule has 0 amide bonds. The molecule has 0 saturated heterocycles. The molecule has 2 radical (unpaired) electrons. The zero-order valence-electron chi connectivity index (χ0n) is 7.64. The van der Waals surface area contributed by atoms with Gasteiger partial charge in [-0.15, -0.1) is 0 Å². The molecular weight excluding hydrogens is 171 g/mol. The Kier molecular flexibility index (Phi) is 2.23. The van der Waals surface area contributed by atoms with Crippen molar-refractivity contribution in [3.8, 4) is 11.1 Å². The van der Waals surface area contributed by atoms with Gasteiger partial charge < -0.3 is 5.73 Å². The zero-order chi connectivity index (χ0) is 9.97. The SMILES string of the molecule is [B]c1cncc(-c2ccccc2)c1N. The topological polar surface area (TPSA) is 38.9 Å². The number of anilines is 1. The van der Waals surface area contributed by atoms with Crippen LogP contribution in [0, 0.1) is 0 Å². The fourth-order valence-electron chi connectivity index (χ4n) is 1.33. The lowest BCUT2D eigenvalue weighted by molar-refractivity contribution is 1.35. The second-order valence-corrected chi connectivity index (χ2v) is 3.06. The monoisotopic (exact) mass is 180 g/mol. The molecule has 3 heteroatoms. The molecule has 2 N–H and O–H groups in total. The summed E-state index contributed by atoms with van der Waals surface area (Å²) >= 11 is 0. The molecule has 2 nitrogen and oxygen atoms in total. The van der Waals surface area contributed by atoms with E-state index in [0.29, 0.717) is 11.2 Å². The van der Waals surface area contributed by atoms with Gasteiger partial charge >= 0.3 is 0 Å². The van der Waals surface area contributed by atoms with Crippen molar-refractivity contribution >= 4 is 19.0 Å². The second kappa shape index (κ2) is 3.54. The van der Waals surface area contributed by atoms with Crippen molar-refractivity contribution < 1.29 is 0 Å². The molecule has 14 heavy (non-hydrogen) atoms. The van der Waals surface area contributed by atoms with Gasteiger partial charge in [0.25, 0.3) is 0 Å². The highest BCUT2D eigenvalue weighted by Gasteiger charge is 2.03. The van der Waals surface area contributed by atoms with E-state index < -0.39 is 0 Å². The van der Waals surface area contributed by atoms with E-state index >= 15 is 0 Å². The van der Waals surface area contributed by atoms with Gasteiger partial charge in [0.15, 0.2) is 0 Å². The lowest BCUT2D eigenvalue weighted by Crippen LogP contribution is -2.11. The maximum atomic E-state index is 5.85. The Bertz CT molecular complexity index is 440. The zero-order valence-corrected chi connectivity index (χ0v) is 7.64. The van der Waals surface area contributed by atoms with Crippen molar-refractivity contribution in [3.05, 3.63) is 42.7 Å². The van der Waals surface area contributed by atoms with Crippen LogP contribution in [0.3, 0.4) is 0 Å². The summed E-state index contributed by atoms with van der Waals surface area (Å²) in [6.07, 6.45) is 3.28. The third kappa shape index (κ3) is 1.49. The van der Waals surface area contributed by atoms with Gasteiger partial charge in [-0.05, 0) is 5.56 Å². The Balaban J connectivity index is 2.58. The molecule has 0 aliphatic heterocycles. The van der Waals surface area contributed by atoms with Crippen molar-refractivity contribution in [3.63, 3.8) is 0 Å². The maximum absolute atomic E-state index is 5.85. The van der Waals surface area contributed by atoms with E-state index in [4.69, 9.17) is 13.6 Å². The molecule has 0 aliphatic carbocycles. The number of aromatic nitrogens is 1. The highest BCUT2D eigenvalue weighted by atomic mass is 14.7. The van der Waals surface area contributed by atoms with E-state index in [1.807, 2.05) is 30.3 Å². The summed E-state index contributed by atoms with van der Waals surface area (Å²) in [4.78, 5) is 4.02. The van der Waals surface area contributed by atoms with Crippen LogP contribution < -0.4 is 11.2 Å². The summed E-state index contributed by atoms with van der Waals surface area (Å²) in [5.74, 6) is 0. The normalized spacial score (nSPS) is 10.0. The van der Waals surface area contributed by atoms with Crippen LogP contribution in [0.4, 0.5) is 5.69 Å². The smallest absolute Gasteiger partial charge is 0.118 e. The Hall–Kier alpha value is -1.77. The average Bonchev–Trinajstić information content (AvgIpc) is 2.23. The van der Waals surface area contributed by atoms with Crippen LogP contribution in [0.25, 0.3) is 11.1 Å². The minimum atomic E-state index is 0.520. The third-order valence-electron chi connectivity index (χ3n) is 2.10. The first-order chi connectivity index (χ1) is 6.79. The van der Waals surface area contributed by atoms with E-state index in [1.165, 1.54) is 0 Å². The number of pyridine rings is 1. The van der Waals surface area contributed by atoms with Crippen molar-refractivity contribution in [2.45, 2.75) is 0 Å². The molecule has 0 bridgehead atoms. The van der Waals surface area contributed by atoms with Crippen molar-refractivity contribution in [2.24, 2.45) is 0 Å². The van der Waals surface area contributed by atoms with Gasteiger partial charge in [0.1, 0.15) is 7.85 Å². The van der Waals surface area contributed by atoms with E-state index in [0.717, 1.165) is 11.1 Å². The van der Waals surface area contributed by atoms with Crippen LogP contribution in [0.2, 0.25) is 0 Å². The Morgan fingerprint density at radius 1 is 1.07 bits per heavy atom. The molecule has 0 spiro atoms. The fourth-order valence-corrected chi connectivity index (χ4v) is 1.33. The first kappa shape index (κ1) is 8.82. The minimum absolute atomic E-state index is 0.520. The summed E-state index contributed by atoms with van der Waals surface area (Å²) in [6, 6.07) is 9.83. The summed E-state index contributed by atoms with van der Waals surface area (Å²) in [6.45, 7) is 0. The molecule has 1 aromatic heterocycles. The van der Waals surface area contributed by atoms with E-state index in [1.54, 1.807) is 12.4 Å². The standard InChI is InChI=1S/C11H9BN2/c12-10-7-14-6-9(11(10)13)8-4-2-1-3-5-8/h1-7H,(H2,13,14). The van der Waals surface area contributed by atoms with E-state index in [9.17, 15) is 0 Å². The van der Waals surface area contributed by atoms with Crippen LogP contribution in [-0.2, 0) is 0 Å². The molecule has 2 aromatic rings. The maximum Gasteiger partial charge on any atom is 0.118 e. The lowest BCUT2D eigenvalue weighted by atomic mass is 9.92. The Morgan fingerprint density at radius 3 is 2.50 bits per heavy atom. The highest BCUT2D eigenvalue weighted by molar-refractivity contribution is 6.36. The molecule has 0 saturated carbocycles. The van der Waals surface area contributed by atoms with Gasteiger partial charge in [-0.2, -0.15) is 0 Å². The van der Waals surface area contributed by atoms with Crippen LogP contribution in [-0.4, -0.2) is 12.8 Å². The van der Waals surface area contributed by atoms with Gasteiger partial charge in [0.05, 0.1) is 0 Å². The van der Waals surface area contributed by atoms with Gasteiger partial charge in [-0.25, -0.2) is 0 Å². The molecule has 66 valence electrons. The predicted octanol–water partition coefficient (Wildman–Crippen LogP) is 1.12. The third-order valence-corrected chi connectivity index (χ3v) is 2.10. The Labute approximate surface area is 84.2 Å². The molecule has 1 aromatic carbocycles. The number of nitrogens with zero attached hydrogens (tertiary/aromatic N) is 1. The molecule has 1 heterocycles. The predicted molar refractivity (Wildman–Crippen MR) is 59.5 cm³/mol. The number of nitrogens with two attached hydrogens (primary N) is 1. The summed E-state index contributed by atoms with van der Waals surface area (Å²) in [7, 11) is 5.67. The number of benzene rings is 1. The molecule has 0 aliphatic rings. The average molecular weight is 180 g/mol. The van der Waals surface area contributed by atoms with Gasteiger partial charge in [0.2, 0.25) is 0 Å². The number of hydrogen-bond donors (Lipinski definition) is 1. The second-order valence-electron chi connectivity index (χ2n) is 3.06. The van der Waals surface area contributed by atoms with Crippen molar-refractivity contribution in [1.29, 1.82) is 0 Å². The number of nitrogen functional groups attached to an aromatic ring is 1. The first-order valence-corrected chi connectivity index (χ1v) is 4.33. The largest absolute Gasteiger partial charge is 0.399 e.